The first-order valence-corrected chi connectivity index (χ1v) is 9.71. The number of aliphatic hydroxyl groups is 1. The molecule has 5 fully saturated rings. The highest BCUT2D eigenvalue weighted by atomic mass is 16.5. The molecule has 3 nitrogen and oxygen atoms in total. The van der Waals surface area contributed by atoms with Crippen molar-refractivity contribution in [2.75, 3.05) is 7.11 Å². The summed E-state index contributed by atoms with van der Waals surface area (Å²) in [5.41, 5.74) is 1.36. The van der Waals surface area contributed by atoms with Gasteiger partial charge in [0.2, 0.25) is 0 Å². The van der Waals surface area contributed by atoms with Crippen molar-refractivity contribution in [3.05, 3.63) is 12.2 Å². The molecule has 0 aromatic rings. The first kappa shape index (κ1) is 16.6. The molecule has 3 heteroatoms. The van der Waals surface area contributed by atoms with Gasteiger partial charge in [-0.1, -0.05) is 25.5 Å². The third-order valence-electron chi connectivity index (χ3n) is 8.77. The first-order chi connectivity index (χ1) is 11.3. The Labute approximate surface area is 145 Å². The van der Waals surface area contributed by atoms with Crippen LogP contribution >= 0.6 is 0 Å². The summed E-state index contributed by atoms with van der Waals surface area (Å²) >= 11 is 0. The average Bonchev–Trinajstić information content (AvgIpc) is 2.52. The Morgan fingerprint density at radius 1 is 1.25 bits per heavy atom. The SMILES string of the molecule is C=C1C[C@]23CC[C@@H]4[C@](C)(CCC[C@@]4(C)C(=O)OC)[C@H]2C[C@H]1[C@@H](O)C3. The Hall–Kier alpha value is -0.830. The van der Waals surface area contributed by atoms with Crippen LogP contribution in [0.25, 0.3) is 0 Å². The Kier molecular flexibility index (Phi) is 3.53. The molecule has 0 unspecified atom stereocenters. The van der Waals surface area contributed by atoms with E-state index in [2.05, 4.69) is 20.4 Å². The molecule has 134 valence electrons. The van der Waals surface area contributed by atoms with Gasteiger partial charge in [0.1, 0.15) is 0 Å². The van der Waals surface area contributed by atoms with Gasteiger partial charge in [-0.05, 0) is 74.5 Å². The van der Waals surface area contributed by atoms with Crippen LogP contribution in [-0.4, -0.2) is 24.3 Å². The maximum absolute atomic E-state index is 12.6. The number of esters is 1. The van der Waals surface area contributed by atoms with Gasteiger partial charge < -0.3 is 9.84 Å². The van der Waals surface area contributed by atoms with Crippen molar-refractivity contribution in [1.29, 1.82) is 0 Å². The number of methoxy groups -OCH3 is 1. The predicted molar refractivity (Wildman–Crippen MR) is 93.2 cm³/mol. The summed E-state index contributed by atoms with van der Waals surface area (Å²) in [6.45, 7) is 8.89. The van der Waals surface area contributed by atoms with Crippen molar-refractivity contribution in [3.63, 3.8) is 0 Å². The number of fused-ring (bicyclic) bond motifs is 3. The van der Waals surface area contributed by atoms with Gasteiger partial charge in [-0.2, -0.15) is 0 Å². The molecule has 0 heterocycles. The zero-order valence-corrected chi connectivity index (χ0v) is 15.4. The second kappa shape index (κ2) is 5.09. The van der Waals surface area contributed by atoms with Gasteiger partial charge in [0, 0.05) is 5.92 Å². The van der Waals surface area contributed by atoms with E-state index in [9.17, 15) is 9.90 Å². The lowest BCUT2D eigenvalue weighted by Crippen LogP contribution is -2.63. The first-order valence-electron chi connectivity index (χ1n) is 9.71. The minimum atomic E-state index is -0.338. The highest BCUT2D eigenvalue weighted by molar-refractivity contribution is 5.77. The monoisotopic (exact) mass is 332 g/mol. The molecule has 1 spiro atoms. The number of ether oxygens (including phenoxy) is 1. The quantitative estimate of drug-likeness (QED) is 0.581. The lowest BCUT2D eigenvalue weighted by molar-refractivity contribution is -0.204. The van der Waals surface area contributed by atoms with E-state index < -0.39 is 0 Å². The molecule has 0 aromatic carbocycles. The van der Waals surface area contributed by atoms with E-state index >= 15 is 0 Å². The molecule has 1 N–H and O–H groups in total. The molecule has 0 aliphatic heterocycles. The minimum absolute atomic E-state index is 0.0141. The topological polar surface area (TPSA) is 46.5 Å². The molecule has 0 aromatic heterocycles. The van der Waals surface area contributed by atoms with Gasteiger partial charge in [-0.3, -0.25) is 4.79 Å². The number of hydrogen-bond donors (Lipinski definition) is 1. The molecule has 5 saturated carbocycles. The Morgan fingerprint density at radius 2 is 2.00 bits per heavy atom. The van der Waals surface area contributed by atoms with Crippen LogP contribution in [0.15, 0.2) is 12.2 Å². The summed E-state index contributed by atoms with van der Waals surface area (Å²) in [6.07, 6.45) is 8.41. The van der Waals surface area contributed by atoms with Gasteiger partial charge in [0.15, 0.2) is 0 Å². The molecular weight excluding hydrogens is 300 g/mol. The van der Waals surface area contributed by atoms with Crippen molar-refractivity contribution in [2.45, 2.75) is 71.3 Å². The van der Waals surface area contributed by atoms with Crippen LogP contribution < -0.4 is 0 Å². The molecule has 24 heavy (non-hydrogen) atoms. The maximum Gasteiger partial charge on any atom is 0.311 e. The van der Waals surface area contributed by atoms with Crippen LogP contribution in [-0.2, 0) is 9.53 Å². The van der Waals surface area contributed by atoms with E-state index in [1.807, 2.05) is 0 Å². The van der Waals surface area contributed by atoms with Crippen LogP contribution in [0.4, 0.5) is 0 Å². The molecule has 0 amide bonds. The van der Waals surface area contributed by atoms with Gasteiger partial charge in [0.25, 0.3) is 0 Å². The van der Waals surface area contributed by atoms with Gasteiger partial charge in [0.05, 0.1) is 18.6 Å². The van der Waals surface area contributed by atoms with Crippen molar-refractivity contribution in [1.82, 2.24) is 0 Å². The Morgan fingerprint density at radius 3 is 2.67 bits per heavy atom. The largest absolute Gasteiger partial charge is 0.469 e. The summed E-state index contributed by atoms with van der Waals surface area (Å²) in [4.78, 5) is 12.6. The normalized spacial score (nSPS) is 53.2. The minimum Gasteiger partial charge on any atom is -0.469 e. The fraction of sp³-hybridized carbons (Fsp3) is 0.857. The predicted octanol–water partition coefficient (Wildman–Crippen LogP) is 4.10. The molecule has 0 saturated heterocycles. The van der Waals surface area contributed by atoms with E-state index in [1.54, 1.807) is 0 Å². The average molecular weight is 332 g/mol. The van der Waals surface area contributed by atoms with Gasteiger partial charge in [-0.15, -0.1) is 0 Å². The highest BCUT2D eigenvalue weighted by Gasteiger charge is 2.66. The number of carbonyl (C=O) groups is 1. The second-order valence-corrected chi connectivity index (χ2v) is 9.72. The van der Waals surface area contributed by atoms with E-state index in [0.717, 1.165) is 44.9 Å². The van der Waals surface area contributed by atoms with Crippen molar-refractivity contribution in [3.8, 4) is 0 Å². The number of hydrogen-bond acceptors (Lipinski definition) is 3. The fourth-order valence-electron chi connectivity index (χ4n) is 7.80. The molecule has 7 atom stereocenters. The molecule has 5 rings (SSSR count). The zero-order chi connectivity index (χ0) is 17.3. The third kappa shape index (κ3) is 1.91. The van der Waals surface area contributed by atoms with Crippen LogP contribution in [0.1, 0.15) is 65.2 Å². The van der Waals surface area contributed by atoms with E-state index in [0.29, 0.717) is 11.8 Å². The number of aliphatic hydroxyl groups excluding tert-OH is 1. The van der Waals surface area contributed by atoms with Crippen LogP contribution in [0.5, 0.6) is 0 Å². The van der Waals surface area contributed by atoms with Gasteiger partial charge in [-0.25, -0.2) is 0 Å². The molecule has 0 radical (unpaired) electrons. The van der Waals surface area contributed by atoms with Crippen LogP contribution in [0.3, 0.4) is 0 Å². The highest BCUT2D eigenvalue weighted by Crippen LogP contribution is 2.72. The standard InChI is InChI=1S/C21H32O3/c1-13-11-21-9-6-16-19(2,17(21)10-14(13)15(22)12-21)7-5-8-20(16,3)18(23)24-4/h14-17,22H,1,5-12H2,2-4H3/t14-,15+,16-,17-,19+,20-,21+/m1/s1. The van der Waals surface area contributed by atoms with E-state index in [-0.39, 0.29) is 34.2 Å². The van der Waals surface area contributed by atoms with Gasteiger partial charge >= 0.3 is 5.97 Å². The third-order valence-corrected chi connectivity index (χ3v) is 8.77. The summed E-state index contributed by atoms with van der Waals surface area (Å²) < 4.78 is 5.22. The van der Waals surface area contributed by atoms with Crippen molar-refractivity contribution in [2.24, 2.45) is 34.0 Å². The Bertz CT molecular complexity index is 584. The van der Waals surface area contributed by atoms with E-state index in [1.165, 1.54) is 19.1 Å². The smallest absolute Gasteiger partial charge is 0.311 e. The summed E-state index contributed by atoms with van der Waals surface area (Å²) in [6, 6.07) is 0. The van der Waals surface area contributed by atoms with Crippen molar-refractivity contribution >= 4 is 5.97 Å². The second-order valence-electron chi connectivity index (χ2n) is 9.72. The fourth-order valence-corrected chi connectivity index (χ4v) is 7.80. The number of carbonyl (C=O) groups excluding carboxylic acids is 1. The lowest BCUT2D eigenvalue weighted by Gasteiger charge is -2.68. The lowest BCUT2D eigenvalue weighted by atomic mass is 9.36. The summed E-state index contributed by atoms with van der Waals surface area (Å²) in [5.74, 6) is 1.29. The zero-order valence-electron chi connectivity index (χ0n) is 15.4. The van der Waals surface area contributed by atoms with Crippen LogP contribution in [0, 0.1) is 34.0 Å². The molecule has 5 aliphatic carbocycles. The maximum atomic E-state index is 12.6. The molecule has 5 aliphatic rings. The van der Waals surface area contributed by atoms with Crippen LogP contribution in [0.2, 0.25) is 0 Å². The van der Waals surface area contributed by atoms with E-state index in [4.69, 9.17) is 4.74 Å². The molecule has 2 bridgehead atoms. The van der Waals surface area contributed by atoms with Crippen molar-refractivity contribution < 1.29 is 14.6 Å². The summed E-state index contributed by atoms with van der Waals surface area (Å²) in [5, 5.41) is 10.6. The Balaban J connectivity index is 1.74. The number of rotatable bonds is 1. The summed E-state index contributed by atoms with van der Waals surface area (Å²) in [7, 11) is 1.53. The molecular formula is C21H32O3.